The number of nitrogens with one attached hydrogen (secondary N) is 1. The molecule has 0 radical (unpaired) electrons. The van der Waals surface area contributed by atoms with Gasteiger partial charge in [0.25, 0.3) is 0 Å². The summed E-state index contributed by atoms with van der Waals surface area (Å²) in [5, 5.41) is 8.33. The van der Waals surface area contributed by atoms with Crippen molar-refractivity contribution >= 4 is 26.8 Å². The third-order valence-corrected chi connectivity index (χ3v) is 6.63. The van der Waals surface area contributed by atoms with Gasteiger partial charge in [0.15, 0.2) is 15.0 Å². The Kier molecular flexibility index (Phi) is 3.05. The molecule has 2 saturated heterocycles. The maximum absolute atomic E-state index is 12.9. The molecular formula is C12H13FN2O2S2. The van der Waals surface area contributed by atoms with Crippen molar-refractivity contribution in [3.05, 3.63) is 35.6 Å². The molecule has 2 atom stereocenters. The van der Waals surface area contributed by atoms with E-state index in [1.54, 1.807) is 12.1 Å². The van der Waals surface area contributed by atoms with Crippen molar-refractivity contribution in [2.24, 2.45) is 0 Å². The Morgan fingerprint density at radius 1 is 1.32 bits per heavy atom. The average molecular weight is 300 g/mol. The van der Waals surface area contributed by atoms with E-state index in [-0.39, 0.29) is 28.6 Å². The fourth-order valence-corrected chi connectivity index (χ4v) is 6.37. The van der Waals surface area contributed by atoms with Crippen LogP contribution in [0.4, 0.5) is 4.39 Å². The maximum atomic E-state index is 12.9. The van der Waals surface area contributed by atoms with E-state index in [1.165, 1.54) is 23.9 Å². The van der Waals surface area contributed by atoms with Crippen molar-refractivity contribution in [2.75, 3.05) is 11.5 Å². The van der Waals surface area contributed by atoms with Crippen LogP contribution in [0.15, 0.2) is 24.3 Å². The molecule has 1 N–H and O–H groups in total. The van der Waals surface area contributed by atoms with Crippen LogP contribution in [0.5, 0.6) is 0 Å². The lowest BCUT2D eigenvalue weighted by Gasteiger charge is -2.23. The van der Waals surface area contributed by atoms with E-state index >= 15 is 0 Å². The highest BCUT2D eigenvalue weighted by Gasteiger charge is 2.47. The summed E-state index contributed by atoms with van der Waals surface area (Å²) in [4.78, 5) is 1.81. The summed E-state index contributed by atoms with van der Waals surface area (Å²) in [5.74, 6) is -0.0188. The van der Waals surface area contributed by atoms with E-state index in [0.29, 0.717) is 11.7 Å². The third kappa shape index (κ3) is 2.49. The molecule has 2 aliphatic rings. The van der Waals surface area contributed by atoms with Gasteiger partial charge < -0.3 is 4.90 Å². The van der Waals surface area contributed by atoms with Crippen LogP contribution in [0.3, 0.4) is 0 Å². The van der Waals surface area contributed by atoms with Gasteiger partial charge in [0.1, 0.15) is 5.82 Å². The molecule has 1 aromatic rings. The van der Waals surface area contributed by atoms with E-state index in [1.807, 2.05) is 4.90 Å². The number of rotatable bonds is 2. The highest BCUT2D eigenvalue weighted by molar-refractivity contribution is 8.15. The van der Waals surface area contributed by atoms with Gasteiger partial charge in [-0.1, -0.05) is 23.9 Å². The van der Waals surface area contributed by atoms with Gasteiger partial charge in [0.05, 0.1) is 17.5 Å². The van der Waals surface area contributed by atoms with Crippen LogP contribution in [-0.2, 0) is 16.4 Å². The molecule has 0 unspecified atom stereocenters. The smallest absolute Gasteiger partial charge is 0.157 e. The van der Waals surface area contributed by atoms with Crippen LogP contribution in [-0.4, -0.2) is 41.3 Å². The number of amidine groups is 1. The molecule has 2 aliphatic heterocycles. The minimum absolute atomic E-state index is 0.0297. The SMILES string of the molecule is N=C1S[C@@H]2CS(=O)(=O)C[C@H]2N1Cc1ccc(F)cc1. The first-order valence-corrected chi connectivity index (χ1v) is 8.61. The number of sulfone groups is 1. The molecule has 0 aromatic heterocycles. The van der Waals surface area contributed by atoms with E-state index in [4.69, 9.17) is 5.41 Å². The van der Waals surface area contributed by atoms with Gasteiger partial charge in [0.2, 0.25) is 0 Å². The zero-order valence-corrected chi connectivity index (χ0v) is 11.7. The van der Waals surface area contributed by atoms with Crippen LogP contribution >= 0.6 is 11.8 Å². The lowest BCUT2D eigenvalue weighted by molar-refractivity contribution is 0.349. The zero-order chi connectivity index (χ0) is 13.6. The van der Waals surface area contributed by atoms with Crippen molar-refractivity contribution in [3.63, 3.8) is 0 Å². The maximum Gasteiger partial charge on any atom is 0.157 e. The standard InChI is InChI=1S/C12H13FN2O2S2/c13-9-3-1-8(2-4-9)5-15-10-6-19(16,17)7-11(10)18-12(15)14/h1-4,10-11,14H,5-7H2/t10-,11-/m1/s1. The number of hydrogen-bond acceptors (Lipinski definition) is 4. The predicted molar refractivity (Wildman–Crippen MR) is 73.5 cm³/mol. The van der Waals surface area contributed by atoms with E-state index < -0.39 is 9.84 Å². The first kappa shape index (κ1) is 12.9. The summed E-state index contributed by atoms with van der Waals surface area (Å²) in [6.45, 7) is 0.461. The summed E-state index contributed by atoms with van der Waals surface area (Å²) in [6.07, 6.45) is 0. The molecule has 3 rings (SSSR count). The van der Waals surface area contributed by atoms with Crippen molar-refractivity contribution in [1.29, 1.82) is 5.41 Å². The molecule has 0 amide bonds. The topological polar surface area (TPSA) is 61.2 Å². The molecule has 7 heteroatoms. The molecule has 19 heavy (non-hydrogen) atoms. The lowest BCUT2D eigenvalue weighted by Crippen LogP contribution is -2.36. The lowest BCUT2D eigenvalue weighted by atomic mass is 10.1. The van der Waals surface area contributed by atoms with Gasteiger partial charge in [-0.05, 0) is 17.7 Å². The molecule has 4 nitrogen and oxygen atoms in total. The normalized spacial score (nSPS) is 28.7. The third-order valence-electron chi connectivity index (χ3n) is 3.46. The Balaban J connectivity index is 1.80. The molecule has 2 fully saturated rings. The van der Waals surface area contributed by atoms with Crippen molar-refractivity contribution in [1.82, 2.24) is 4.90 Å². The minimum Gasteiger partial charge on any atom is -0.342 e. The van der Waals surface area contributed by atoms with Crippen molar-refractivity contribution in [3.8, 4) is 0 Å². The summed E-state index contributed by atoms with van der Waals surface area (Å²) >= 11 is 1.32. The molecule has 0 bridgehead atoms. The number of nitrogens with zero attached hydrogens (tertiary/aromatic N) is 1. The highest BCUT2D eigenvalue weighted by atomic mass is 32.2. The summed E-state index contributed by atoms with van der Waals surface area (Å²) in [6, 6.07) is 5.98. The molecule has 102 valence electrons. The van der Waals surface area contributed by atoms with Gasteiger partial charge >= 0.3 is 0 Å². The Morgan fingerprint density at radius 3 is 2.68 bits per heavy atom. The first-order chi connectivity index (χ1) is 8.94. The van der Waals surface area contributed by atoms with Crippen molar-refractivity contribution in [2.45, 2.75) is 17.8 Å². The largest absolute Gasteiger partial charge is 0.342 e. The Bertz CT molecular complexity index is 615. The number of thioether (sulfide) groups is 1. The molecule has 0 aliphatic carbocycles. The number of halogens is 1. The van der Waals surface area contributed by atoms with Gasteiger partial charge in [-0.3, -0.25) is 5.41 Å². The second kappa shape index (κ2) is 4.49. The zero-order valence-electron chi connectivity index (χ0n) is 10.0. The van der Waals surface area contributed by atoms with Gasteiger partial charge in [-0.2, -0.15) is 0 Å². The van der Waals surface area contributed by atoms with Crippen LogP contribution in [0.1, 0.15) is 5.56 Å². The number of hydrogen-bond donors (Lipinski definition) is 1. The second-order valence-electron chi connectivity index (χ2n) is 4.86. The molecule has 1 aromatic carbocycles. The quantitative estimate of drug-likeness (QED) is 0.898. The second-order valence-corrected chi connectivity index (χ2v) is 8.24. The van der Waals surface area contributed by atoms with Crippen LogP contribution in [0, 0.1) is 11.2 Å². The Morgan fingerprint density at radius 2 is 2.00 bits per heavy atom. The summed E-state index contributed by atoms with van der Waals surface area (Å²) in [5.41, 5.74) is 0.886. The van der Waals surface area contributed by atoms with Gasteiger partial charge in [-0.15, -0.1) is 0 Å². The van der Waals surface area contributed by atoms with E-state index in [2.05, 4.69) is 0 Å². The average Bonchev–Trinajstić information content (AvgIpc) is 2.75. The monoisotopic (exact) mass is 300 g/mol. The number of fused-ring (bicyclic) bond motifs is 1. The summed E-state index contributed by atoms with van der Waals surface area (Å²) in [7, 11) is -2.98. The molecule has 2 heterocycles. The first-order valence-electron chi connectivity index (χ1n) is 5.91. The van der Waals surface area contributed by atoms with Crippen molar-refractivity contribution < 1.29 is 12.8 Å². The molecule has 0 spiro atoms. The summed E-state index contributed by atoms with van der Waals surface area (Å²) < 4.78 is 36.1. The fourth-order valence-electron chi connectivity index (χ4n) is 2.54. The van der Waals surface area contributed by atoms with Gasteiger partial charge in [0, 0.05) is 11.8 Å². The highest BCUT2D eigenvalue weighted by Crippen LogP contribution is 2.38. The van der Waals surface area contributed by atoms with Crippen LogP contribution in [0.25, 0.3) is 0 Å². The predicted octanol–water partition coefficient (Wildman–Crippen LogP) is 1.47. The molecular weight excluding hydrogens is 287 g/mol. The van der Waals surface area contributed by atoms with Crippen LogP contribution < -0.4 is 0 Å². The van der Waals surface area contributed by atoms with E-state index in [0.717, 1.165) is 5.56 Å². The minimum atomic E-state index is -2.98. The number of benzene rings is 1. The Labute approximate surface area is 115 Å². The Hall–Kier alpha value is -1.08. The fraction of sp³-hybridized carbons (Fsp3) is 0.417. The van der Waals surface area contributed by atoms with Gasteiger partial charge in [-0.25, -0.2) is 12.8 Å². The van der Waals surface area contributed by atoms with Crippen LogP contribution in [0.2, 0.25) is 0 Å². The molecule has 0 saturated carbocycles. The van der Waals surface area contributed by atoms with E-state index in [9.17, 15) is 12.8 Å².